The summed E-state index contributed by atoms with van der Waals surface area (Å²) in [5, 5.41) is 0. The Morgan fingerprint density at radius 1 is 0.800 bits per heavy atom. The van der Waals surface area contributed by atoms with Crippen molar-refractivity contribution in [3.05, 3.63) is 60.7 Å². The molecular weight excluding hydrogens is 317 g/mol. The highest BCUT2D eigenvalue weighted by Gasteiger charge is 2.03. The summed E-state index contributed by atoms with van der Waals surface area (Å²) in [6, 6.07) is 20.7. The van der Waals surface area contributed by atoms with E-state index < -0.39 is 0 Å². The molecule has 0 N–H and O–H groups in total. The Kier molecular flexibility index (Phi) is 3.91. The van der Waals surface area contributed by atoms with Gasteiger partial charge in [0.15, 0.2) is 0 Å². The molecule has 0 aliphatic carbocycles. The zero-order valence-corrected chi connectivity index (χ0v) is 11.0. The van der Waals surface area contributed by atoms with Crippen molar-refractivity contribution in [3.8, 4) is 0 Å². The van der Waals surface area contributed by atoms with E-state index in [0.29, 0.717) is 0 Å². The van der Waals surface area contributed by atoms with Crippen molar-refractivity contribution >= 4 is 40.5 Å². The first-order valence-electron chi connectivity index (χ1n) is 4.60. The summed E-state index contributed by atoms with van der Waals surface area (Å²) in [5.41, 5.74) is 1.20. The molecule has 2 rings (SSSR count). The van der Waals surface area contributed by atoms with Crippen LogP contribution < -0.4 is 2.52 Å². The molecular formula is C12H10INS. The fraction of sp³-hybridized carbons (Fsp3) is 0. The van der Waals surface area contributed by atoms with Gasteiger partial charge in [0.25, 0.3) is 0 Å². The molecule has 0 aliphatic heterocycles. The molecule has 0 saturated carbocycles. The van der Waals surface area contributed by atoms with Crippen LogP contribution in [0.4, 0.5) is 5.69 Å². The molecule has 0 amide bonds. The highest BCUT2D eigenvalue weighted by atomic mass is 127. The maximum absolute atomic E-state index is 2.31. The van der Waals surface area contributed by atoms with Gasteiger partial charge in [0.1, 0.15) is 0 Å². The average molecular weight is 327 g/mol. The highest BCUT2D eigenvalue weighted by molar-refractivity contribution is 14.1. The fourth-order valence-corrected chi connectivity index (χ4v) is 2.87. The maximum Gasteiger partial charge on any atom is 0.0716 e. The predicted octanol–water partition coefficient (Wildman–Crippen LogP) is 4.55. The minimum atomic E-state index is 1.20. The number of hydrogen-bond donors (Lipinski definition) is 0. The maximum atomic E-state index is 2.31. The number of halogens is 1. The number of hydrogen-bond acceptors (Lipinski definition) is 2. The van der Waals surface area contributed by atoms with Crippen LogP contribution >= 0.6 is 34.8 Å². The monoisotopic (exact) mass is 327 g/mol. The quantitative estimate of drug-likeness (QED) is 0.462. The molecule has 15 heavy (non-hydrogen) atoms. The highest BCUT2D eigenvalue weighted by Crippen LogP contribution is 2.31. The predicted molar refractivity (Wildman–Crippen MR) is 75.2 cm³/mol. The first-order valence-corrected chi connectivity index (χ1v) is 6.34. The second-order valence-electron chi connectivity index (χ2n) is 2.98. The topological polar surface area (TPSA) is 3.24 Å². The number of anilines is 1. The van der Waals surface area contributed by atoms with Gasteiger partial charge in [-0.25, -0.2) is 0 Å². The standard InChI is InChI=1S/C12H10INS/c13-14(11-7-3-1-4-8-11)15-12-9-5-2-6-10-12/h1-10H. The fourth-order valence-electron chi connectivity index (χ4n) is 1.17. The summed E-state index contributed by atoms with van der Waals surface area (Å²) in [7, 11) is 0. The lowest BCUT2D eigenvalue weighted by Crippen LogP contribution is -1.95. The van der Waals surface area contributed by atoms with Gasteiger partial charge in [-0.05, 0) is 36.2 Å². The molecule has 0 fully saturated rings. The lowest BCUT2D eigenvalue weighted by Gasteiger charge is -2.14. The van der Waals surface area contributed by atoms with E-state index in [9.17, 15) is 0 Å². The number of rotatable bonds is 3. The van der Waals surface area contributed by atoms with E-state index in [4.69, 9.17) is 0 Å². The number of para-hydroxylation sites is 1. The molecule has 2 aromatic carbocycles. The smallest absolute Gasteiger partial charge is 0.0716 e. The molecule has 0 saturated heterocycles. The van der Waals surface area contributed by atoms with Crippen molar-refractivity contribution in [3.63, 3.8) is 0 Å². The molecule has 0 unspecified atom stereocenters. The van der Waals surface area contributed by atoms with E-state index in [1.807, 2.05) is 24.3 Å². The van der Waals surface area contributed by atoms with Crippen LogP contribution in [-0.2, 0) is 0 Å². The molecule has 0 bridgehead atoms. The van der Waals surface area contributed by atoms with Crippen LogP contribution in [0, 0.1) is 0 Å². The van der Waals surface area contributed by atoms with Gasteiger partial charge in [-0.2, -0.15) is 0 Å². The van der Waals surface area contributed by atoms with Gasteiger partial charge < -0.3 is 0 Å². The molecule has 0 atom stereocenters. The van der Waals surface area contributed by atoms with Crippen LogP contribution in [0.3, 0.4) is 0 Å². The van der Waals surface area contributed by atoms with Crippen LogP contribution in [0.5, 0.6) is 0 Å². The van der Waals surface area contributed by atoms with E-state index in [2.05, 4.69) is 61.8 Å². The van der Waals surface area contributed by atoms with Gasteiger partial charge in [-0.1, -0.05) is 36.4 Å². The molecule has 0 radical (unpaired) electrons. The Bertz CT molecular complexity index is 404. The zero-order valence-electron chi connectivity index (χ0n) is 8.01. The Hall–Kier alpha value is -0.680. The van der Waals surface area contributed by atoms with Gasteiger partial charge in [0, 0.05) is 4.90 Å². The third-order valence-electron chi connectivity index (χ3n) is 1.89. The van der Waals surface area contributed by atoms with Gasteiger partial charge in [0.05, 0.1) is 28.6 Å². The Morgan fingerprint density at radius 3 is 1.93 bits per heavy atom. The normalized spacial score (nSPS) is 9.93. The van der Waals surface area contributed by atoms with Crippen LogP contribution in [0.2, 0.25) is 0 Å². The van der Waals surface area contributed by atoms with E-state index in [1.54, 1.807) is 11.9 Å². The third kappa shape index (κ3) is 3.14. The summed E-state index contributed by atoms with van der Waals surface area (Å²) >= 11 is 4.02. The van der Waals surface area contributed by atoms with E-state index in [0.717, 1.165) is 0 Å². The van der Waals surface area contributed by atoms with Crippen molar-refractivity contribution in [1.29, 1.82) is 0 Å². The molecule has 0 aliphatic rings. The molecule has 2 aromatic rings. The molecule has 3 heteroatoms. The van der Waals surface area contributed by atoms with E-state index in [-0.39, 0.29) is 0 Å². The number of benzene rings is 2. The minimum Gasteiger partial charge on any atom is -0.252 e. The summed E-state index contributed by atoms with van der Waals surface area (Å²) < 4.78 is 2.13. The summed E-state index contributed by atoms with van der Waals surface area (Å²) in [4.78, 5) is 1.25. The Morgan fingerprint density at radius 2 is 1.33 bits per heavy atom. The Labute approximate surface area is 108 Å². The van der Waals surface area contributed by atoms with E-state index in [1.165, 1.54) is 10.6 Å². The average Bonchev–Trinajstić information content (AvgIpc) is 2.31. The first-order chi connectivity index (χ1) is 7.36. The van der Waals surface area contributed by atoms with Crippen molar-refractivity contribution in [2.45, 2.75) is 4.90 Å². The SMILES string of the molecule is IN(Sc1ccccc1)c1ccccc1. The van der Waals surface area contributed by atoms with E-state index >= 15 is 0 Å². The zero-order chi connectivity index (χ0) is 10.5. The molecule has 0 aromatic heterocycles. The van der Waals surface area contributed by atoms with Crippen LogP contribution in [-0.4, -0.2) is 0 Å². The lowest BCUT2D eigenvalue weighted by molar-refractivity contribution is 1.46. The summed E-state index contributed by atoms with van der Waals surface area (Å²) in [6.07, 6.45) is 0. The summed E-state index contributed by atoms with van der Waals surface area (Å²) in [5.74, 6) is 0. The second-order valence-corrected chi connectivity index (χ2v) is 5.62. The molecule has 0 heterocycles. The van der Waals surface area contributed by atoms with Crippen LogP contribution in [0.15, 0.2) is 65.6 Å². The van der Waals surface area contributed by atoms with Gasteiger partial charge in [0.2, 0.25) is 0 Å². The van der Waals surface area contributed by atoms with Crippen LogP contribution in [0.25, 0.3) is 0 Å². The third-order valence-corrected chi connectivity index (χ3v) is 3.89. The number of nitrogens with zero attached hydrogens (tertiary/aromatic N) is 1. The van der Waals surface area contributed by atoms with Gasteiger partial charge in [-0.3, -0.25) is 2.52 Å². The lowest BCUT2D eigenvalue weighted by atomic mass is 10.3. The van der Waals surface area contributed by atoms with Crippen LogP contribution in [0.1, 0.15) is 0 Å². The van der Waals surface area contributed by atoms with Crippen molar-refractivity contribution in [2.24, 2.45) is 0 Å². The first kappa shape index (κ1) is 10.8. The largest absolute Gasteiger partial charge is 0.252 e. The van der Waals surface area contributed by atoms with Crippen molar-refractivity contribution in [2.75, 3.05) is 2.52 Å². The molecule has 0 spiro atoms. The Balaban J connectivity index is 2.08. The summed E-state index contributed by atoms with van der Waals surface area (Å²) in [6.45, 7) is 0. The van der Waals surface area contributed by atoms with Gasteiger partial charge >= 0.3 is 0 Å². The van der Waals surface area contributed by atoms with Crippen molar-refractivity contribution in [1.82, 2.24) is 0 Å². The van der Waals surface area contributed by atoms with Crippen molar-refractivity contribution < 1.29 is 0 Å². The minimum absolute atomic E-state index is 1.20. The molecule has 1 nitrogen and oxygen atoms in total. The second kappa shape index (κ2) is 5.42. The van der Waals surface area contributed by atoms with Gasteiger partial charge in [-0.15, -0.1) is 0 Å². The molecule has 76 valence electrons.